The van der Waals surface area contributed by atoms with Gasteiger partial charge in [0.2, 0.25) is 5.91 Å². The predicted octanol–water partition coefficient (Wildman–Crippen LogP) is 1.63. The van der Waals surface area contributed by atoms with E-state index in [2.05, 4.69) is 5.32 Å². The summed E-state index contributed by atoms with van der Waals surface area (Å²) in [6.07, 6.45) is 0.554. The fourth-order valence-electron chi connectivity index (χ4n) is 2.27. The van der Waals surface area contributed by atoms with Gasteiger partial charge in [0.1, 0.15) is 6.61 Å². The number of thioether (sulfide) groups is 1. The molecule has 1 N–H and O–H groups in total. The summed E-state index contributed by atoms with van der Waals surface area (Å²) in [7, 11) is 3.44. The van der Waals surface area contributed by atoms with Crippen LogP contribution in [0.3, 0.4) is 0 Å². The third-order valence-corrected chi connectivity index (χ3v) is 4.73. The maximum atomic E-state index is 12.2. The van der Waals surface area contributed by atoms with E-state index in [1.807, 2.05) is 43.1 Å². The first-order chi connectivity index (χ1) is 10.7. The maximum Gasteiger partial charge on any atom is 0.224 e. The number of rotatable bonds is 7. The second-order valence-corrected chi connectivity index (χ2v) is 6.39. The van der Waals surface area contributed by atoms with E-state index in [-0.39, 0.29) is 5.91 Å². The predicted molar refractivity (Wildman–Crippen MR) is 89.9 cm³/mol. The highest BCUT2D eigenvalue weighted by atomic mass is 32.2. The van der Waals surface area contributed by atoms with Crippen LogP contribution >= 0.6 is 11.8 Å². The Balaban J connectivity index is 1.72. The van der Waals surface area contributed by atoms with E-state index in [1.165, 1.54) is 0 Å². The Bertz CT molecular complexity index is 478. The molecule has 1 aliphatic heterocycles. The molecule has 1 aliphatic rings. The molecule has 1 atom stereocenters. The van der Waals surface area contributed by atoms with Crippen molar-refractivity contribution < 1.29 is 14.3 Å². The van der Waals surface area contributed by atoms with Gasteiger partial charge in [0.25, 0.3) is 0 Å². The first-order valence-electron chi connectivity index (χ1n) is 7.51. The maximum absolute atomic E-state index is 12.2. The van der Waals surface area contributed by atoms with Gasteiger partial charge in [-0.3, -0.25) is 4.79 Å². The van der Waals surface area contributed by atoms with Crippen molar-refractivity contribution >= 4 is 17.7 Å². The molecule has 2 rings (SSSR count). The number of nitrogens with one attached hydrogen (secondary N) is 1. The van der Waals surface area contributed by atoms with Crippen LogP contribution in [-0.2, 0) is 4.79 Å². The summed E-state index contributed by atoms with van der Waals surface area (Å²) in [5.41, 5.74) is 0. The number of nitrogens with zero attached hydrogens (tertiary/aromatic N) is 1. The zero-order chi connectivity index (χ0) is 15.8. The lowest BCUT2D eigenvalue weighted by molar-refractivity contribution is -0.130. The fraction of sp³-hybridized carbons (Fsp3) is 0.562. The van der Waals surface area contributed by atoms with Gasteiger partial charge in [-0.2, -0.15) is 11.8 Å². The molecule has 0 spiro atoms. The van der Waals surface area contributed by atoms with Crippen LogP contribution in [0.2, 0.25) is 0 Å². The molecule has 1 saturated heterocycles. The van der Waals surface area contributed by atoms with E-state index in [4.69, 9.17) is 9.47 Å². The molecule has 1 aromatic rings. The smallest absolute Gasteiger partial charge is 0.224 e. The summed E-state index contributed by atoms with van der Waals surface area (Å²) in [5.74, 6) is 3.71. The van der Waals surface area contributed by atoms with Crippen molar-refractivity contribution in [2.75, 3.05) is 45.4 Å². The minimum absolute atomic E-state index is 0.156. The topological polar surface area (TPSA) is 50.8 Å². The molecule has 1 heterocycles. The molecule has 6 heteroatoms. The Morgan fingerprint density at radius 1 is 1.41 bits per heavy atom. The number of carbonyl (C=O) groups is 1. The Kier molecular flexibility index (Phi) is 6.86. The summed E-state index contributed by atoms with van der Waals surface area (Å²) in [6.45, 7) is 2.01. The minimum atomic E-state index is 0.156. The molecular formula is C16H24N2O3S. The molecule has 1 aromatic carbocycles. The number of hydrogen-bond acceptors (Lipinski definition) is 5. The molecule has 0 aliphatic carbocycles. The highest BCUT2D eigenvalue weighted by Gasteiger charge is 2.19. The van der Waals surface area contributed by atoms with Gasteiger partial charge in [-0.15, -0.1) is 0 Å². The Morgan fingerprint density at radius 3 is 2.86 bits per heavy atom. The first-order valence-corrected chi connectivity index (χ1v) is 8.67. The third-order valence-electron chi connectivity index (χ3n) is 3.60. The molecule has 1 unspecified atom stereocenters. The van der Waals surface area contributed by atoms with E-state index in [9.17, 15) is 4.79 Å². The van der Waals surface area contributed by atoms with Gasteiger partial charge >= 0.3 is 0 Å². The molecule has 0 aromatic heterocycles. The van der Waals surface area contributed by atoms with Crippen molar-refractivity contribution in [1.82, 2.24) is 10.2 Å². The zero-order valence-electron chi connectivity index (χ0n) is 13.2. The SMILES string of the molecule is COc1ccccc1OCCN(C)C(=O)CC1CSCCN1. The van der Waals surface area contributed by atoms with Crippen molar-refractivity contribution in [2.24, 2.45) is 0 Å². The molecule has 122 valence electrons. The van der Waals surface area contributed by atoms with Crippen molar-refractivity contribution in [1.29, 1.82) is 0 Å². The van der Waals surface area contributed by atoms with E-state index in [1.54, 1.807) is 12.0 Å². The summed E-state index contributed by atoms with van der Waals surface area (Å²) < 4.78 is 10.9. The number of hydrogen-bond donors (Lipinski definition) is 1. The number of likely N-dealkylation sites (N-methyl/N-ethyl adjacent to an activating group) is 1. The lowest BCUT2D eigenvalue weighted by Crippen LogP contribution is -2.42. The monoisotopic (exact) mass is 324 g/mol. The summed E-state index contributed by atoms with van der Waals surface area (Å²) in [4.78, 5) is 13.9. The van der Waals surface area contributed by atoms with Crippen LogP contribution in [-0.4, -0.2) is 62.2 Å². The molecular weight excluding hydrogens is 300 g/mol. The molecule has 22 heavy (non-hydrogen) atoms. The average molecular weight is 324 g/mol. The van der Waals surface area contributed by atoms with E-state index in [0.717, 1.165) is 18.1 Å². The van der Waals surface area contributed by atoms with Crippen LogP contribution < -0.4 is 14.8 Å². The summed E-state index contributed by atoms with van der Waals surface area (Å²) in [5, 5.41) is 3.39. The van der Waals surface area contributed by atoms with Crippen LogP contribution in [0.25, 0.3) is 0 Å². The van der Waals surface area contributed by atoms with Crippen molar-refractivity contribution in [3.63, 3.8) is 0 Å². The number of carbonyl (C=O) groups excluding carboxylic acids is 1. The number of para-hydroxylation sites is 2. The van der Waals surface area contributed by atoms with Gasteiger partial charge in [-0.1, -0.05) is 12.1 Å². The van der Waals surface area contributed by atoms with Crippen molar-refractivity contribution in [2.45, 2.75) is 12.5 Å². The van der Waals surface area contributed by atoms with E-state index in [0.29, 0.717) is 37.1 Å². The molecule has 1 amide bonds. The number of methoxy groups -OCH3 is 1. The van der Waals surface area contributed by atoms with E-state index >= 15 is 0 Å². The highest BCUT2D eigenvalue weighted by molar-refractivity contribution is 7.99. The van der Waals surface area contributed by atoms with Gasteiger partial charge < -0.3 is 19.7 Å². The van der Waals surface area contributed by atoms with Crippen molar-refractivity contribution in [3.05, 3.63) is 24.3 Å². The second-order valence-electron chi connectivity index (χ2n) is 5.24. The Labute approximate surface area is 136 Å². The second kappa shape index (κ2) is 8.90. The standard InChI is InChI=1S/C16H24N2O3S/c1-18(16(19)11-13-12-22-10-7-17-13)8-9-21-15-6-4-3-5-14(15)20-2/h3-6,13,17H,7-12H2,1-2H3. The quantitative estimate of drug-likeness (QED) is 0.826. The molecule has 1 fully saturated rings. The van der Waals surface area contributed by atoms with Crippen LogP contribution in [0.1, 0.15) is 6.42 Å². The lowest BCUT2D eigenvalue weighted by atomic mass is 10.2. The van der Waals surface area contributed by atoms with Crippen LogP contribution in [0, 0.1) is 0 Å². The van der Waals surface area contributed by atoms with Gasteiger partial charge in [0, 0.05) is 37.6 Å². The van der Waals surface area contributed by atoms with Crippen LogP contribution in [0.15, 0.2) is 24.3 Å². The highest BCUT2D eigenvalue weighted by Crippen LogP contribution is 2.25. The number of ether oxygens (including phenoxy) is 2. The molecule has 0 radical (unpaired) electrons. The number of benzene rings is 1. The third kappa shape index (κ3) is 5.10. The van der Waals surface area contributed by atoms with Gasteiger partial charge in [-0.05, 0) is 12.1 Å². The van der Waals surface area contributed by atoms with E-state index < -0.39 is 0 Å². The lowest BCUT2D eigenvalue weighted by Gasteiger charge is -2.25. The first kappa shape index (κ1) is 17.0. The summed E-state index contributed by atoms with van der Waals surface area (Å²) >= 11 is 1.90. The largest absolute Gasteiger partial charge is 0.493 e. The Hall–Kier alpha value is -1.40. The minimum Gasteiger partial charge on any atom is -0.493 e. The zero-order valence-corrected chi connectivity index (χ0v) is 14.0. The van der Waals surface area contributed by atoms with Gasteiger partial charge in [-0.25, -0.2) is 0 Å². The average Bonchev–Trinajstić information content (AvgIpc) is 2.56. The van der Waals surface area contributed by atoms with Gasteiger partial charge in [0.05, 0.1) is 13.7 Å². The van der Waals surface area contributed by atoms with Crippen molar-refractivity contribution in [3.8, 4) is 11.5 Å². The number of amides is 1. The van der Waals surface area contributed by atoms with Gasteiger partial charge in [0.15, 0.2) is 11.5 Å². The normalized spacial score (nSPS) is 17.8. The molecule has 0 bridgehead atoms. The fourth-order valence-corrected chi connectivity index (χ4v) is 3.22. The van der Waals surface area contributed by atoms with Crippen LogP contribution in [0.5, 0.6) is 11.5 Å². The Morgan fingerprint density at radius 2 is 2.18 bits per heavy atom. The molecule has 0 saturated carbocycles. The molecule has 5 nitrogen and oxygen atoms in total. The summed E-state index contributed by atoms with van der Waals surface area (Å²) in [6, 6.07) is 7.82. The van der Waals surface area contributed by atoms with Crippen LogP contribution in [0.4, 0.5) is 0 Å².